The van der Waals surface area contributed by atoms with Crippen LogP contribution in [0.3, 0.4) is 0 Å². The van der Waals surface area contributed by atoms with Gasteiger partial charge in [0.15, 0.2) is 0 Å². The number of carbonyl (C=O) groups excluding carboxylic acids is 1. The fourth-order valence-electron chi connectivity index (χ4n) is 1.60. The number of hydrogen-bond donors (Lipinski definition) is 3. The highest BCUT2D eigenvalue weighted by Crippen LogP contribution is 2.11. The molecule has 0 unspecified atom stereocenters. The Morgan fingerprint density at radius 3 is 2.24 bits per heavy atom. The highest BCUT2D eigenvalue weighted by molar-refractivity contribution is 8.93. The predicted octanol–water partition coefficient (Wildman–Crippen LogP) is 2.71. The van der Waals surface area contributed by atoms with Crippen LogP contribution in [-0.4, -0.2) is 17.9 Å². The summed E-state index contributed by atoms with van der Waals surface area (Å²) in [6, 6.07) is 11.1. The molecule has 0 aliphatic rings. The molecule has 0 aliphatic heterocycles. The van der Waals surface area contributed by atoms with Crippen molar-refractivity contribution in [1.29, 1.82) is 0 Å². The molecule has 114 valence electrons. The predicted molar refractivity (Wildman–Crippen MR) is 95.2 cm³/mol. The van der Waals surface area contributed by atoms with Crippen molar-refractivity contribution in [3.8, 4) is 0 Å². The number of benzene rings is 1. The molecule has 7 heteroatoms. The number of nitrogens with one attached hydrogen (secondary N) is 3. The highest BCUT2D eigenvalue weighted by Gasteiger charge is 2.04. The molecule has 3 N–H and O–H groups in total. The Kier molecular flexibility index (Phi) is 9.81. The Hall–Kier alpha value is -1.28. The zero-order valence-electron chi connectivity index (χ0n) is 11.5. The Morgan fingerprint density at radius 2 is 1.67 bits per heavy atom. The summed E-state index contributed by atoms with van der Waals surface area (Å²) in [6.07, 6.45) is 3.20. The smallest absolute Gasteiger partial charge is 0.255 e. The van der Waals surface area contributed by atoms with Crippen LogP contribution in [0.4, 0.5) is 5.69 Å². The minimum atomic E-state index is -0.136. The minimum absolute atomic E-state index is 0. The van der Waals surface area contributed by atoms with Gasteiger partial charge in [0.2, 0.25) is 0 Å². The average molecular weight is 418 g/mol. The number of amides is 1. The van der Waals surface area contributed by atoms with Crippen LogP contribution in [0.5, 0.6) is 0 Å². The van der Waals surface area contributed by atoms with Gasteiger partial charge in [0.1, 0.15) is 0 Å². The van der Waals surface area contributed by atoms with E-state index in [1.165, 1.54) is 0 Å². The molecule has 0 bridgehead atoms. The number of hydrogen-bond acceptors (Lipinski definition) is 4. The number of nitrogens with zero attached hydrogens (tertiary/aromatic N) is 1. The van der Waals surface area contributed by atoms with Crippen LogP contribution >= 0.6 is 34.0 Å². The first kappa shape index (κ1) is 19.7. The lowest BCUT2D eigenvalue weighted by molar-refractivity contribution is 0.102. The van der Waals surface area contributed by atoms with E-state index in [4.69, 9.17) is 0 Å². The fourth-order valence-corrected chi connectivity index (χ4v) is 1.60. The molecular weight excluding hydrogens is 400 g/mol. The standard InChI is InChI=1S/C14H16N4O.2BrH/c1-15-17-10-11-2-4-13(5-3-11)18-14(19)12-6-8-16-9-7-12;;/h2-9,15,17H,10H2,1H3,(H,18,19);2*1H. The van der Waals surface area contributed by atoms with Gasteiger partial charge in [0.05, 0.1) is 0 Å². The molecule has 1 aromatic heterocycles. The van der Waals surface area contributed by atoms with Gasteiger partial charge in [-0.3, -0.25) is 20.6 Å². The van der Waals surface area contributed by atoms with Gasteiger partial charge >= 0.3 is 0 Å². The number of carbonyl (C=O) groups is 1. The molecule has 0 saturated carbocycles. The summed E-state index contributed by atoms with van der Waals surface area (Å²) in [4.78, 5) is 15.8. The maximum atomic E-state index is 11.9. The molecule has 2 aromatic rings. The molecule has 5 nitrogen and oxygen atoms in total. The van der Waals surface area contributed by atoms with E-state index in [0.29, 0.717) is 5.56 Å². The van der Waals surface area contributed by atoms with Crippen molar-refractivity contribution in [3.63, 3.8) is 0 Å². The SMILES string of the molecule is Br.Br.CNNCc1ccc(NC(=O)c2ccncc2)cc1. The molecule has 1 amide bonds. The lowest BCUT2D eigenvalue weighted by Gasteiger charge is -2.07. The van der Waals surface area contributed by atoms with Crippen molar-refractivity contribution >= 4 is 45.6 Å². The van der Waals surface area contributed by atoms with Crippen LogP contribution in [0.2, 0.25) is 0 Å². The van der Waals surface area contributed by atoms with Crippen molar-refractivity contribution in [1.82, 2.24) is 15.8 Å². The second-order valence-corrected chi connectivity index (χ2v) is 3.99. The zero-order valence-corrected chi connectivity index (χ0v) is 14.9. The summed E-state index contributed by atoms with van der Waals surface area (Å²) in [5.41, 5.74) is 8.37. The van der Waals surface area contributed by atoms with E-state index in [1.54, 1.807) is 24.5 Å². The molecule has 0 atom stereocenters. The van der Waals surface area contributed by atoms with E-state index in [1.807, 2.05) is 31.3 Å². The van der Waals surface area contributed by atoms with Crippen LogP contribution < -0.4 is 16.2 Å². The van der Waals surface area contributed by atoms with Gasteiger partial charge in [-0.25, -0.2) is 0 Å². The second-order valence-electron chi connectivity index (χ2n) is 3.99. The van der Waals surface area contributed by atoms with E-state index < -0.39 is 0 Å². The summed E-state index contributed by atoms with van der Waals surface area (Å²) in [6.45, 7) is 0.731. The number of rotatable bonds is 5. The quantitative estimate of drug-likeness (QED) is 0.654. The third-order valence-electron chi connectivity index (χ3n) is 2.62. The molecule has 21 heavy (non-hydrogen) atoms. The maximum Gasteiger partial charge on any atom is 0.255 e. The third-order valence-corrected chi connectivity index (χ3v) is 2.62. The van der Waals surface area contributed by atoms with Crippen molar-refractivity contribution in [3.05, 3.63) is 59.9 Å². The largest absolute Gasteiger partial charge is 0.322 e. The lowest BCUT2D eigenvalue weighted by atomic mass is 10.2. The normalized spacial score (nSPS) is 9.19. The van der Waals surface area contributed by atoms with E-state index in [2.05, 4.69) is 21.2 Å². The first-order chi connectivity index (χ1) is 9.29. The van der Waals surface area contributed by atoms with E-state index >= 15 is 0 Å². The van der Waals surface area contributed by atoms with Crippen LogP contribution in [0.1, 0.15) is 15.9 Å². The summed E-state index contributed by atoms with van der Waals surface area (Å²) in [7, 11) is 1.82. The number of pyridine rings is 1. The van der Waals surface area contributed by atoms with Crippen molar-refractivity contribution < 1.29 is 4.79 Å². The van der Waals surface area contributed by atoms with Crippen LogP contribution in [0, 0.1) is 0 Å². The first-order valence-corrected chi connectivity index (χ1v) is 5.99. The van der Waals surface area contributed by atoms with E-state index in [9.17, 15) is 4.79 Å². The van der Waals surface area contributed by atoms with Crippen LogP contribution in [0.25, 0.3) is 0 Å². The van der Waals surface area contributed by atoms with Gasteiger partial charge in [0.25, 0.3) is 5.91 Å². The summed E-state index contributed by atoms with van der Waals surface area (Å²) >= 11 is 0. The topological polar surface area (TPSA) is 66.0 Å². The molecule has 1 aromatic carbocycles. The maximum absolute atomic E-state index is 11.9. The average Bonchev–Trinajstić information content (AvgIpc) is 2.47. The highest BCUT2D eigenvalue weighted by atomic mass is 79.9. The molecule has 1 heterocycles. The molecule has 0 fully saturated rings. The van der Waals surface area contributed by atoms with Gasteiger partial charge in [-0.2, -0.15) is 0 Å². The second kappa shape index (κ2) is 10.4. The lowest BCUT2D eigenvalue weighted by Crippen LogP contribution is -2.26. The third kappa shape index (κ3) is 6.34. The Labute approximate surface area is 145 Å². The van der Waals surface area contributed by atoms with E-state index in [0.717, 1.165) is 17.8 Å². The van der Waals surface area contributed by atoms with Gasteiger partial charge in [-0.05, 0) is 36.9 Å². The zero-order chi connectivity index (χ0) is 13.5. The van der Waals surface area contributed by atoms with Crippen molar-refractivity contribution in [2.45, 2.75) is 6.54 Å². The van der Waals surface area contributed by atoms with Gasteiger partial charge in [0, 0.05) is 30.2 Å². The monoisotopic (exact) mass is 416 g/mol. The Morgan fingerprint density at radius 1 is 1.05 bits per heavy atom. The summed E-state index contributed by atoms with van der Waals surface area (Å²) < 4.78 is 0. The Balaban J connectivity index is 0.00000200. The van der Waals surface area contributed by atoms with Crippen molar-refractivity contribution in [2.75, 3.05) is 12.4 Å². The van der Waals surface area contributed by atoms with Gasteiger partial charge < -0.3 is 5.32 Å². The van der Waals surface area contributed by atoms with Gasteiger partial charge in [-0.15, -0.1) is 34.0 Å². The van der Waals surface area contributed by atoms with Crippen LogP contribution in [0.15, 0.2) is 48.8 Å². The van der Waals surface area contributed by atoms with E-state index in [-0.39, 0.29) is 39.9 Å². The van der Waals surface area contributed by atoms with Crippen LogP contribution in [-0.2, 0) is 6.54 Å². The number of anilines is 1. The van der Waals surface area contributed by atoms with Gasteiger partial charge in [-0.1, -0.05) is 12.1 Å². The number of halogens is 2. The minimum Gasteiger partial charge on any atom is -0.322 e. The summed E-state index contributed by atoms with van der Waals surface area (Å²) in [5.74, 6) is -0.136. The molecule has 0 saturated heterocycles. The summed E-state index contributed by atoms with van der Waals surface area (Å²) in [5, 5.41) is 2.84. The fraction of sp³-hybridized carbons (Fsp3) is 0.143. The molecular formula is C14H18Br2N4O. The number of aromatic nitrogens is 1. The molecule has 0 radical (unpaired) electrons. The Bertz CT molecular complexity index is 534. The molecule has 2 rings (SSSR count). The van der Waals surface area contributed by atoms with Crippen molar-refractivity contribution in [2.24, 2.45) is 0 Å². The first-order valence-electron chi connectivity index (χ1n) is 5.99. The molecule has 0 aliphatic carbocycles. The number of hydrazine groups is 1. The molecule has 0 spiro atoms.